The van der Waals surface area contributed by atoms with Crippen molar-refractivity contribution >= 4 is 17.4 Å². The van der Waals surface area contributed by atoms with Crippen LogP contribution in [0.5, 0.6) is 5.88 Å². The van der Waals surface area contributed by atoms with Crippen LogP contribution in [0, 0.1) is 0 Å². The van der Waals surface area contributed by atoms with Gasteiger partial charge in [-0.05, 0) is 18.2 Å². The Kier molecular flexibility index (Phi) is 5.73. The number of hydrogen-bond acceptors (Lipinski definition) is 5. The number of thioether (sulfide) groups is 1. The van der Waals surface area contributed by atoms with Crippen LogP contribution in [-0.4, -0.2) is 28.6 Å². The molecule has 4 nitrogen and oxygen atoms in total. The number of hydrogen-bond donors (Lipinski definition) is 2. The Balaban J connectivity index is 1.85. The van der Waals surface area contributed by atoms with Crippen LogP contribution in [0.4, 0.5) is 18.9 Å². The Bertz CT molecular complexity index is 653. The van der Waals surface area contributed by atoms with Crippen molar-refractivity contribution < 1.29 is 23.0 Å². The van der Waals surface area contributed by atoms with Crippen molar-refractivity contribution in [1.82, 2.24) is 4.98 Å². The molecule has 0 bridgehead atoms. The first-order valence-electron chi connectivity index (χ1n) is 6.68. The van der Waals surface area contributed by atoms with E-state index in [-0.39, 0.29) is 12.5 Å². The van der Waals surface area contributed by atoms with Crippen molar-refractivity contribution in [3.05, 3.63) is 48.2 Å². The summed E-state index contributed by atoms with van der Waals surface area (Å²) in [5, 5.41) is 9.86. The van der Waals surface area contributed by atoms with E-state index < -0.39 is 18.0 Å². The molecule has 0 saturated heterocycles. The Morgan fingerprint density at radius 3 is 2.61 bits per heavy atom. The molecule has 124 valence electrons. The van der Waals surface area contributed by atoms with Gasteiger partial charge in [0, 0.05) is 22.4 Å². The van der Waals surface area contributed by atoms with Gasteiger partial charge >= 0.3 is 6.18 Å². The van der Waals surface area contributed by atoms with E-state index in [1.807, 2.05) is 12.1 Å². The first-order valence-corrected chi connectivity index (χ1v) is 7.67. The van der Waals surface area contributed by atoms with E-state index in [0.29, 0.717) is 11.4 Å². The molecule has 3 N–H and O–H groups in total. The van der Waals surface area contributed by atoms with E-state index in [1.165, 1.54) is 23.9 Å². The number of alkyl halides is 3. The summed E-state index contributed by atoms with van der Waals surface area (Å²) in [7, 11) is 0. The maximum Gasteiger partial charge on any atom is 0.433 e. The van der Waals surface area contributed by atoms with Gasteiger partial charge in [0.15, 0.2) is 0 Å². The predicted octanol–water partition coefficient (Wildman–Crippen LogP) is 3.21. The summed E-state index contributed by atoms with van der Waals surface area (Å²) in [6.07, 6.45) is -5.39. The highest BCUT2D eigenvalue weighted by molar-refractivity contribution is 7.99. The summed E-state index contributed by atoms with van der Waals surface area (Å²) >= 11 is 1.34. The van der Waals surface area contributed by atoms with Crippen LogP contribution < -0.4 is 10.5 Å². The van der Waals surface area contributed by atoms with E-state index in [0.717, 1.165) is 11.0 Å². The molecule has 23 heavy (non-hydrogen) atoms. The summed E-state index contributed by atoms with van der Waals surface area (Å²) in [4.78, 5) is 4.19. The van der Waals surface area contributed by atoms with Crippen LogP contribution in [0.1, 0.15) is 5.69 Å². The van der Waals surface area contributed by atoms with Gasteiger partial charge in [-0.3, -0.25) is 0 Å². The molecule has 0 radical (unpaired) electrons. The molecule has 0 fully saturated rings. The second-order valence-corrected chi connectivity index (χ2v) is 5.73. The standard InChI is InChI=1S/C15H15F3N2O2S/c16-15(17,18)13-6-3-7-14(20-13)22-8-10(21)9-23-12-5-2-1-4-11(12)19/h1-7,10,21H,8-9,19H2/t10-/m0/s1. The maximum absolute atomic E-state index is 12.5. The molecule has 1 heterocycles. The third kappa shape index (κ3) is 5.33. The molecule has 0 saturated carbocycles. The fraction of sp³-hybridized carbons (Fsp3) is 0.267. The molecule has 0 aliphatic rings. The number of aliphatic hydroxyl groups excluding tert-OH is 1. The number of anilines is 1. The first kappa shape index (κ1) is 17.4. The minimum absolute atomic E-state index is 0.159. The zero-order valence-electron chi connectivity index (χ0n) is 12.0. The average Bonchev–Trinajstić information content (AvgIpc) is 2.51. The smallest absolute Gasteiger partial charge is 0.433 e. The molecule has 8 heteroatoms. The number of nitrogens with two attached hydrogens (primary N) is 1. The van der Waals surface area contributed by atoms with Gasteiger partial charge in [0.2, 0.25) is 5.88 Å². The number of rotatable bonds is 6. The van der Waals surface area contributed by atoms with Crippen LogP contribution in [0.25, 0.3) is 0 Å². The largest absolute Gasteiger partial charge is 0.475 e. The molecule has 1 aromatic carbocycles. The van der Waals surface area contributed by atoms with E-state index >= 15 is 0 Å². The molecule has 0 aliphatic carbocycles. The highest BCUT2D eigenvalue weighted by Gasteiger charge is 2.32. The van der Waals surface area contributed by atoms with Crippen LogP contribution in [0.15, 0.2) is 47.4 Å². The van der Waals surface area contributed by atoms with E-state index in [9.17, 15) is 18.3 Å². The lowest BCUT2D eigenvalue weighted by molar-refractivity contribution is -0.141. The number of aromatic nitrogens is 1. The fourth-order valence-corrected chi connectivity index (χ4v) is 2.56. The van der Waals surface area contributed by atoms with Crippen LogP contribution in [0.3, 0.4) is 0 Å². The second kappa shape index (κ2) is 7.56. The lowest BCUT2D eigenvalue weighted by Crippen LogP contribution is -2.21. The van der Waals surface area contributed by atoms with Gasteiger partial charge in [0.1, 0.15) is 12.3 Å². The molecule has 0 aliphatic heterocycles. The summed E-state index contributed by atoms with van der Waals surface area (Å²) in [6.45, 7) is -0.159. The van der Waals surface area contributed by atoms with Gasteiger partial charge in [-0.2, -0.15) is 13.2 Å². The minimum Gasteiger partial charge on any atom is -0.475 e. The monoisotopic (exact) mass is 344 g/mol. The zero-order valence-corrected chi connectivity index (χ0v) is 12.8. The Hall–Kier alpha value is -1.93. The van der Waals surface area contributed by atoms with Crippen LogP contribution in [0.2, 0.25) is 0 Å². The van der Waals surface area contributed by atoms with Gasteiger partial charge in [-0.1, -0.05) is 18.2 Å². The number of para-hydroxylation sites is 1. The lowest BCUT2D eigenvalue weighted by Gasteiger charge is -2.13. The fourth-order valence-electron chi connectivity index (χ4n) is 1.68. The maximum atomic E-state index is 12.5. The normalized spacial score (nSPS) is 12.9. The third-order valence-electron chi connectivity index (χ3n) is 2.79. The summed E-state index contributed by atoms with van der Waals surface area (Å²) in [5.74, 6) is 0.121. The van der Waals surface area contributed by atoms with Gasteiger partial charge in [0.25, 0.3) is 0 Å². The predicted molar refractivity (Wildman–Crippen MR) is 82.3 cm³/mol. The first-order chi connectivity index (χ1) is 10.9. The van der Waals surface area contributed by atoms with Crippen molar-refractivity contribution in [3.8, 4) is 5.88 Å². The highest BCUT2D eigenvalue weighted by Crippen LogP contribution is 2.29. The topological polar surface area (TPSA) is 68.4 Å². The lowest BCUT2D eigenvalue weighted by atomic mass is 10.3. The van der Waals surface area contributed by atoms with Crippen LogP contribution >= 0.6 is 11.8 Å². The molecule has 1 atom stereocenters. The highest BCUT2D eigenvalue weighted by atomic mass is 32.2. The van der Waals surface area contributed by atoms with Crippen molar-refractivity contribution in [1.29, 1.82) is 0 Å². The summed E-state index contributed by atoms with van der Waals surface area (Å²) in [6, 6.07) is 10.6. The number of ether oxygens (including phenoxy) is 1. The van der Waals surface area contributed by atoms with Crippen LogP contribution in [-0.2, 0) is 6.18 Å². The molecule has 0 unspecified atom stereocenters. The molecule has 0 spiro atoms. The van der Waals surface area contributed by atoms with Gasteiger partial charge < -0.3 is 15.6 Å². The zero-order chi connectivity index (χ0) is 16.9. The molecular formula is C15H15F3N2O2S. The molecular weight excluding hydrogens is 329 g/mol. The molecule has 2 aromatic rings. The molecule has 1 aromatic heterocycles. The molecule has 0 amide bonds. The number of benzene rings is 1. The van der Waals surface area contributed by atoms with Crippen molar-refractivity contribution in [2.24, 2.45) is 0 Å². The van der Waals surface area contributed by atoms with Crippen molar-refractivity contribution in [2.75, 3.05) is 18.1 Å². The van der Waals surface area contributed by atoms with Gasteiger partial charge in [0.05, 0.1) is 6.10 Å². The van der Waals surface area contributed by atoms with E-state index in [2.05, 4.69) is 4.98 Å². The number of aliphatic hydroxyl groups is 1. The summed E-state index contributed by atoms with van der Waals surface area (Å²) in [5.41, 5.74) is 5.35. The van der Waals surface area contributed by atoms with Crippen molar-refractivity contribution in [3.63, 3.8) is 0 Å². The Morgan fingerprint density at radius 2 is 1.91 bits per heavy atom. The molecule has 2 rings (SSSR count). The van der Waals surface area contributed by atoms with Gasteiger partial charge in [-0.15, -0.1) is 11.8 Å². The third-order valence-corrected chi connectivity index (χ3v) is 4.02. The number of pyridine rings is 1. The Morgan fingerprint density at radius 1 is 1.17 bits per heavy atom. The number of halogens is 3. The second-order valence-electron chi connectivity index (χ2n) is 4.67. The Labute approximate surface area is 135 Å². The number of nitrogen functional groups attached to an aromatic ring is 1. The average molecular weight is 344 g/mol. The van der Waals surface area contributed by atoms with E-state index in [4.69, 9.17) is 10.5 Å². The quantitative estimate of drug-likeness (QED) is 0.622. The van der Waals surface area contributed by atoms with Crippen molar-refractivity contribution in [2.45, 2.75) is 17.2 Å². The SMILES string of the molecule is Nc1ccccc1SC[C@@H](O)COc1cccc(C(F)(F)F)n1. The summed E-state index contributed by atoms with van der Waals surface area (Å²) < 4.78 is 42.7. The van der Waals surface area contributed by atoms with E-state index in [1.54, 1.807) is 12.1 Å². The minimum atomic E-state index is -4.53. The number of nitrogens with zero attached hydrogens (tertiary/aromatic N) is 1. The van der Waals surface area contributed by atoms with Gasteiger partial charge in [-0.25, -0.2) is 4.98 Å².